The highest BCUT2D eigenvalue weighted by atomic mass is 16.7. The van der Waals surface area contributed by atoms with Crippen LogP contribution in [0.5, 0.6) is 0 Å². The molecule has 2 heteroatoms. The third-order valence-corrected chi connectivity index (χ3v) is 9.11. The summed E-state index contributed by atoms with van der Waals surface area (Å²) in [4.78, 5) is 0. The van der Waals surface area contributed by atoms with E-state index in [0.717, 1.165) is 24.9 Å². The first-order chi connectivity index (χ1) is 18.0. The average Bonchev–Trinajstić information content (AvgIpc) is 2.89. The number of ether oxygens (including phenoxy) is 2. The summed E-state index contributed by atoms with van der Waals surface area (Å²) < 4.78 is 11.9. The highest BCUT2D eigenvalue weighted by molar-refractivity contribution is 4.66. The molecule has 0 aromatic rings. The van der Waals surface area contributed by atoms with Gasteiger partial charge in [0.1, 0.15) is 0 Å². The van der Waals surface area contributed by atoms with Gasteiger partial charge in [-0.15, -0.1) is 0 Å². The van der Waals surface area contributed by atoms with Crippen molar-refractivity contribution in [3.05, 3.63) is 0 Å². The minimum absolute atomic E-state index is 0.0536. The van der Waals surface area contributed by atoms with Gasteiger partial charge in [0.15, 0.2) is 6.29 Å². The zero-order chi connectivity index (χ0) is 27.0. The van der Waals surface area contributed by atoms with Crippen LogP contribution < -0.4 is 0 Å². The maximum absolute atomic E-state index is 6.16. The average molecular weight is 523 g/mol. The molecule has 222 valence electrons. The molecule has 0 aromatic carbocycles. The van der Waals surface area contributed by atoms with Crippen molar-refractivity contribution in [3.63, 3.8) is 0 Å². The Labute approximate surface area is 234 Å². The van der Waals surface area contributed by atoms with Gasteiger partial charge in [0, 0.05) is 6.61 Å². The van der Waals surface area contributed by atoms with Gasteiger partial charge in [0.2, 0.25) is 0 Å². The summed E-state index contributed by atoms with van der Waals surface area (Å²) in [6.07, 6.45) is 34.1. The van der Waals surface area contributed by atoms with Crippen LogP contribution in [0, 0.1) is 17.8 Å². The van der Waals surface area contributed by atoms with Crippen molar-refractivity contribution in [2.75, 3.05) is 6.61 Å². The summed E-state index contributed by atoms with van der Waals surface area (Å²) in [5.74, 6) is 2.45. The lowest BCUT2D eigenvalue weighted by atomic mass is 9.92. The predicted molar refractivity (Wildman–Crippen MR) is 164 cm³/mol. The molecular formula is C35H70O2. The van der Waals surface area contributed by atoms with Gasteiger partial charge in [0.05, 0.1) is 6.10 Å². The molecule has 1 aliphatic rings. The molecule has 2 unspecified atom stereocenters. The lowest BCUT2D eigenvalue weighted by Crippen LogP contribution is -2.29. The lowest BCUT2D eigenvalue weighted by Gasteiger charge is -2.29. The number of rotatable bonds is 26. The predicted octanol–water partition coefficient (Wildman–Crippen LogP) is 12.0. The normalized spacial score (nSPS) is 19.5. The Bertz CT molecular complexity index is 458. The zero-order valence-electron chi connectivity index (χ0n) is 26.4. The van der Waals surface area contributed by atoms with Crippen LogP contribution in [-0.2, 0) is 9.47 Å². The van der Waals surface area contributed by atoms with Crippen LogP contribution in [0.3, 0.4) is 0 Å². The molecule has 0 aromatic heterocycles. The van der Waals surface area contributed by atoms with Gasteiger partial charge >= 0.3 is 0 Å². The highest BCUT2D eigenvalue weighted by Crippen LogP contribution is 2.24. The maximum atomic E-state index is 6.16. The molecule has 0 saturated carbocycles. The number of hydrogen-bond acceptors (Lipinski definition) is 2. The Hall–Kier alpha value is -0.0800. The van der Waals surface area contributed by atoms with E-state index < -0.39 is 0 Å². The molecular weight excluding hydrogens is 452 g/mol. The minimum atomic E-state index is 0.0536. The Kier molecular flexibility index (Phi) is 23.5. The summed E-state index contributed by atoms with van der Waals surface area (Å²) in [5, 5.41) is 0. The first-order valence-corrected chi connectivity index (χ1v) is 17.3. The van der Waals surface area contributed by atoms with Crippen LogP contribution in [0.2, 0.25) is 0 Å². The monoisotopic (exact) mass is 523 g/mol. The van der Waals surface area contributed by atoms with E-state index in [1.54, 1.807) is 0 Å². The highest BCUT2D eigenvalue weighted by Gasteiger charge is 2.20. The molecule has 0 spiro atoms. The molecule has 1 fully saturated rings. The van der Waals surface area contributed by atoms with Crippen molar-refractivity contribution in [3.8, 4) is 0 Å². The molecule has 1 heterocycles. The van der Waals surface area contributed by atoms with E-state index in [4.69, 9.17) is 9.47 Å². The molecule has 1 aliphatic heterocycles. The van der Waals surface area contributed by atoms with E-state index >= 15 is 0 Å². The maximum Gasteiger partial charge on any atom is 0.157 e. The van der Waals surface area contributed by atoms with Crippen LogP contribution in [0.1, 0.15) is 189 Å². The van der Waals surface area contributed by atoms with Gasteiger partial charge in [-0.1, -0.05) is 156 Å². The molecule has 0 N–H and O–H groups in total. The molecule has 0 amide bonds. The number of unbranched alkanes of at least 4 members (excludes halogenated alkanes) is 13. The first-order valence-electron chi connectivity index (χ1n) is 17.3. The van der Waals surface area contributed by atoms with Crippen LogP contribution in [-0.4, -0.2) is 19.0 Å². The minimum Gasteiger partial charge on any atom is -0.353 e. The summed E-state index contributed by atoms with van der Waals surface area (Å²) in [6, 6.07) is 0. The van der Waals surface area contributed by atoms with E-state index in [0.29, 0.717) is 12.0 Å². The Morgan fingerprint density at radius 2 is 1.03 bits per heavy atom. The van der Waals surface area contributed by atoms with E-state index in [1.165, 1.54) is 148 Å². The Balaban J connectivity index is 1.84. The zero-order valence-corrected chi connectivity index (χ0v) is 26.4. The second-order valence-electron chi connectivity index (χ2n) is 13.1. The molecule has 1 rings (SSSR count). The van der Waals surface area contributed by atoms with Crippen molar-refractivity contribution >= 4 is 0 Å². The molecule has 0 radical (unpaired) electrons. The first kappa shape index (κ1) is 34.9. The van der Waals surface area contributed by atoms with Crippen molar-refractivity contribution in [1.82, 2.24) is 0 Å². The summed E-state index contributed by atoms with van der Waals surface area (Å²) >= 11 is 0. The van der Waals surface area contributed by atoms with E-state index in [9.17, 15) is 0 Å². The quantitative estimate of drug-likeness (QED) is 0.105. The van der Waals surface area contributed by atoms with Gasteiger partial charge in [-0.3, -0.25) is 0 Å². The molecule has 0 bridgehead atoms. The largest absolute Gasteiger partial charge is 0.353 e. The van der Waals surface area contributed by atoms with Gasteiger partial charge in [-0.25, -0.2) is 0 Å². The van der Waals surface area contributed by atoms with Crippen LogP contribution in [0.15, 0.2) is 0 Å². The van der Waals surface area contributed by atoms with Crippen molar-refractivity contribution in [1.29, 1.82) is 0 Å². The van der Waals surface area contributed by atoms with Crippen LogP contribution >= 0.6 is 0 Å². The van der Waals surface area contributed by atoms with Gasteiger partial charge in [0.25, 0.3) is 0 Å². The Morgan fingerprint density at radius 1 is 0.568 bits per heavy atom. The molecule has 2 nitrogen and oxygen atoms in total. The molecule has 0 aliphatic carbocycles. The second-order valence-corrected chi connectivity index (χ2v) is 13.1. The van der Waals surface area contributed by atoms with Crippen molar-refractivity contribution in [2.24, 2.45) is 17.8 Å². The molecule has 5 atom stereocenters. The van der Waals surface area contributed by atoms with Gasteiger partial charge in [-0.05, 0) is 50.4 Å². The van der Waals surface area contributed by atoms with Crippen molar-refractivity contribution < 1.29 is 9.47 Å². The van der Waals surface area contributed by atoms with Gasteiger partial charge < -0.3 is 9.47 Å². The molecule has 37 heavy (non-hydrogen) atoms. The van der Waals surface area contributed by atoms with E-state index in [2.05, 4.69) is 34.6 Å². The summed E-state index contributed by atoms with van der Waals surface area (Å²) in [6.45, 7) is 12.7. The standard InChI is InChI=1S/C35H70O2/c1-6-7-8-9-10-11-12-13-15-18-24-31(2)25-19-16-14-17-20-26-32(3)27-23-28-33(4)34(5)37-35-29-21-22-30-36-35/h31-35H,6-30H2,1-5H3/t31-,32-,33-,34?,35?/m0/s1. The number of hydrogen-bond donors (Lipinski definition) is 0. The third-order valence-electron chi connectivity index (χ3n) is 9.11. The van der Waals surface area contributed by atoms with Crippen molar-refractivity contribution in [2.45, 2.75) is 201 Å². The smallest absolute Gasteiger partial charge is 0.157 e. The molecule has 1 saturated heterocycles. The van der Waals surface area contributed by atoms with E-state index in [-0.39, 0.29) is 6.29 Å². The SMILES string of the molecule is CCCCCCCCCCCC[C@H](C)CCCCCCC[C@H](C)CCC[C@H](C)C(C)OC1CCCCO1. The Morgan fingerprint density at radius 3 is 1.49 bits per heavy atom. The lowest BCUT2D eigenvalue weighted by molar-refractivity contribution is -0.193. The van der Waals surface area contributed by atoms with E-state index in [1.807, 2.05) is 0 Å². The fourth-order valence-corrected chi connectivity index (χ4v) is 6.00. The topological polar surface area (TPSA) is 18.5 Å². The van der Waals surface area contributed by atoms with Crippen LogP contribution in [0.25, 0.3) is 0 Å². The fraction of sp³-hybridized carbons (Fsp3) is 1.00. The summed E-state index contributed by atoms with van der Waals surface area (Å²) in [7, 11) is 0. The third kappa shape index (κ3) is 21.4. The second kappa shape index (κ2) is 24.9. The van der Waals surface area contributed by atoms with Crippen LogP contribution in [0.4, 0.5) is 0 Å². The summed E-state index contributed by atoms with van der Waals surface area (Å²) in [5.41, 5.74) is 0. The van der Waals surface area contributed by atoms with Gasteiger partial charge in [-0.2, -0.15) is 0 Å². The fourth-order valence-electron chi connectivity index (χ4n) is 6.00.